The first-order chi connectivity index (χ1) is 12.5. The van der Waals surface area contributed by atoms with Gasteiger partial charge in [-0.25, -0.2) is 0 Å². The molecule has 3 nitrogen and oxygen atoms in total. The van der Waals surface area contributed by atoms with Gasteiger partial charge in [0.2, 0.25) is 0 Å². The summed E-state index contributed by atoms with van der Waals surface area (Å²) in [4.78, 5) is 0. The largest absolute Gasteiger partial charge is 0.507 e. The Morgan fingerprint density at radius 3 is 2.54 bits per heavy atom. The molecule has 0 unspecified atom stereocenters. The molecule has 0 aliphatic heterocycles. The third-order valence-corrected chi connectivity index (χ3v) is 5.73. The molecule has 0 saturated heterocycles. The summed E-state index contributed by atoms with van der Waals surface area (Å²) in [5.74, 6) is 0.509. The van der Waals surface area contributed by atoms with Crippen molar-refractivity contribution in [3.05, 3.63) is 81.2 Å². The summed E-state index contributed by atoms with van der Waals surface area (Å²) in [7, 11) is 0. The van der Waals surface area contributed by atoms with Gasteiger partial charge in [0.1, 0.15) is 5.75 Å². The van der Waals surface area contributed by atoms with Crippen molar-refractivity contribution >= 4 is 0 Å². The molecule has 0 saturated carbocycles. The van der Waals surface area contributed by atoms with Crippen LogP contribution >= 0.6 is 0 Å². The van der Waals surface area contributed by atoms with Crippen LogP contribution in [0.25, 0.3) is 0 Å². The molecule has 1 heterocycles. The van der Waals surface area contributed by atoms with Gasteiger partial charge in [-0.05, 0) is 67.9 Å². The third kappa shape index (κ3) is 2.92. The zero-order chi connectivity index (χ0) is 18.3. The minimum Gasteiger partial charge on any atom is -0.507 e. The zero-order valence-electron chi connectivity index (χ0n) is 15.8. The highest BCUT2D eigenvalue weighted by molar-refractivity contribution is 5.53. The Balaban J connectivity index is 1.68. The fourth-order valence-electron chi connectivity index (χ4n) is 4.26. The Morgan fingerprint density at radius 2 is 1.77 bits per heavy atom. The van der Waals surface area contributed by atoms with E-state index in [4.69, 9.17) is 5.10 Å². The minimum atomic E-state index is 0.509. The summed E-state index contributed by atoms with van der Waals surface area (Å²) >= 11 is 0. The number of phenols is 1. The van der Waals surface area contributed by atoms with Gasteiger partial charge in [-0.3, -0.25) is 4.68 Å². The monoisotopic (exact) mass is 346 g/mol. The first-order valence-electron chi connectivity index (χ1n) is 9.44. The van der Waals surface area contributed by atoms with E-state index in [1.165, 1.54) is 33.5 Å². The number of benzene rings is 2. The molecule has 2 aromatic carbocycles. The molecule has 0 bridgehead atoms. The van der Waals surface area contributed by atoms with Crippen molar-refractivity contribution in [1.29, 1.82) is 0 Å². The highest BCUT2D eigenvalue weighted by atomic mass is 16.3. The molecule has 26 heavy (non-hydrogen) atoms. The van der Waals surface area contributed by atoms with Gasteiger partial charge in [0.15, 0.2) is 0 Å². The quantitative estimate of drug-likeness (QED) is 0.747. The van der Waals surface area contributed by atoms with Gasteiger partial charge in [0, 0.05) is 17.7 Å². The van der Waals surface area contributed by atoms with Crippen LogP contribution in [0.2, 0.25) is 0 Å². The molecule has 4 rings (SSSR count). The lowest BCUT2D eigenvalue weighted by molar-refractivity contribution is 0.464. The Kier molecular flexibility index (Phi) is 4.31. The second kappa shape index (κ2) is 6.64. The van der Waals surface area contributed by atoms with Gasteiger partial charge in [-0.1, -0.05) is 36.4 Å². The molecular weight excluding hydrogens is 320 g/mol. The van der Waals surface area contributed by atoms with Crippen molar-refractivity contribution in [2.24, 2.45) is 0 Å². The van der Waals surface area contributed by atoms with Crippen LogP contribution in [-0.4, -0.2) is 14.9 Å². The number of phenolic OH excluding ortho intramolecular Hbond substituents is 1. The number of fused-ring (bicyclic) bond motifs is 1. The van der Waals surface area contributed by atoms with Crippen LogP contribution in [0.4, 0.5) is 0 Å². The number of hydrogen-bond acceptors (Lipinski definition) is 2. The van der Waals surface area contributed by atoms with E-state index in [-0.39, 0.29) is 0 Å². The van der Waals surface area contributed by atoms with E-state index < -0.39 is 0 Å². The number of nitrogens with zero attached hydrogens (tertiary/aromatic N) is 2. The molecule has 0 amide bonds. The highest BCUT2D eigenvalue weighted by Crippen LogP contribution is 2.36. The van der Waals surface area contributed by atoms with Crippen LogP contribution in [0.3, 0.4) is 0 Å². The minimum absolute atomic E-state index is 0.509. The Labute approximate surface area is 155 Å². The van der Waals surface area contributed by atoms with Crippen molar-refractivity contribution in [3.63, 3.8) is 0 Å². The average Bonchev–Trinajstić information content (AvgIpc) is 3.22. The topological polar surface area (TPSA) is 38.0 Å². The van der Waals surface area contributed by atoms with Crippen LogP contribution in [0.15, 0.2) is 36.4 Å². The molecule has 3 heteroatoms. The van der Waals surface area contributed by atoms with E-state index in [0.717, 1.165) is 43.5 Å². The second-order valence-electron chi connectivity index (χ2n) is 7.48. The number of rotatable bonds is 4. The summed E-state index contributed by atoms with van der Waals surface area (Å²) in [5, 5.41) is 15.2. The van der Waals surface area contributed by atoms with Crippen molar-refractivity contribution in [2.75, 3.05) is 0 Å². The molecule has 1 aliphatic carbocycles. The fraction of sp³-hybridized carbons (Fsp3) is 0.348. The molecule has 0 spiro atoms. The van der Waals surface area contributed by atoms with E-state index in [9.17, 15) is 5.11 Å². The first-order valence-corrected chi connectivity index (χ1v) is 9.44. The van der Waals surface area contributed by atoms with E-state index in [2.05, 4.69) is 48.9 Å². The lowest BCUT2D eigenvalue weighted by Crippen LogP contribution is -2.04. The zero-order valence-corrected chi connectivity index (χ0v) is 15.8. The molecular formula is C23H26N2O. The van der Waals surface area contributed by atoms with Crippen LogP contribution in [-0.2, 0) is 25.8 Å². The van der Waals surface area contributed by atoms with Gasteiger partial charge in [-0.15, -0.1) is 0 Å². The first kappa shape index (κ1) is 16.9. The van der Waals surface area contributed by atoms with Crippen LogP contribution in [0, 0.1) is 20.8 Å². The number of aromatic nitrogens is 2. The van der Waals surface area contributed by atoms with Crippen molar-refractivity contribution in [2.45, 2.75) is 53.0 Å². The van der Waals surface area contributed by atoms with Gasteiger partial charge in [0.05, 0.1) is 12.2 Å². The van der Waals surface area contributed by atoms with E-state index >= 15 is 0 Å². The summed E-state index contributed by atoms with van der Waals surface area (Å²) in [5.41, 5.74) is 9.83. The molecule has 1 aromatic heterocycles. The second-order valence-corrected chi connectivity index (χ2v) is 7.48. The predicted octanol–water partition coefficient (Wildman–Crippen LogP) is 4.64. The summed E-state index contributed by atoms with van der Waals surface area (Å²) in [6, 6.07) is 12.7. The standard InChI is InChI=1S/C23H26N2O/c1-15-12-19(20-10-7-11-21(20)23(15)26)13-22-16(2)24-25(17(22)3)14-18-8-5-4-6-9-18/h4-6,8-9,12,26H,7,10-11,13-14H2,1-3H3. The van der Waals surface area contributed by atoms with Crippen LogP contribution < -0.4 is 0 Å². The molecule has 3 aromatic rings. The summed E-state index contributed by atoms with van der Waals surface area (Å²) in [6.45, 7) is 7.10. The number of aromatic hydroxyl groups is 1. The Morgan fingerprint density at radius 1 is 1.04 bits per heavy atom. The van der Waals surface area contributed by atoms with E-state index in [1.54, 1.807) is 0 Å². The molecule has 1 aliphatic rings. The third-order valence-electron chi connectivity index (χ3n) is 5.73. The molecule has 0 radical (unpaired) electrons. The number of hydrogen-bond donors (Lipinski definition) is 1. The molecule has 134 valence electrons. The lowest BCUT2D eigenvalue weighted by Gasteiger charge is -2.13. The Bertz CT molecular complexity index is 954. The highest BCUT2D eigenvalue weighted by Gasteiger charge is 2.22. The van der Waals surface area contributed by atoms with Gasteiger partial charge in [-0.2, -0.15) is 5.10 Å². The predicted molar refractivity (Wildman–Crippen MR) is 105 cm³/mol. The number of aryl methyl sites for hydroxylation is 2. The maximum Gasteiger partial charge on any atom is 0.121 e. The van der Waals surface area contributed by atoms with Crippen molar-refractivity contribution < 1.29 is 5.11 Å². The van der Waals surface area contributed by atoms with Crippen LogP contribution in [0.1, 0.15) is 51.2 Å². The summed E-state index contributed by atoms with van der Waals surface area (Å²) < 4.78 is 2.12. The molecule has 0 atom stereocenters. The van der Waals surface area contributed by atoms with Gasteiger partial charge < -0.3 is 5.11 Å². The maximum absolute atomic E-state index is 10.4. The molecule has 1 N–H and O–H groups in total. The SMILES string of the molecule is Cc1cc(Cc2c(C)nn(Cc3ccccc3)c2C)c2c(c1O)CCC2. The summed E-state index contributed by atoms with van der Waals surface area (Å²) in [6.07, 6.45) is 4.12. The molecule has 0 fully saturated rings. The van der Waals surface area contributed by atoms with Gasteiger partial charge in [0.25, 0.3) is 0 Å². The fourth-order valence-corrected chi connectivity index (χ4v) is 4.26. The van der Waals surface area contributed by atoms with Crippen LogP contribution in [0.5, 0.6) is 5.75 Å². The van der Waals surface area contributed by atoms with Crippen molar-refractivity contribution in [1.82, 2.24) is 9.78 Å². The van der Waals surface area contributed by atoms with Crippen molar-refractivity contribution in [3.8, 4) is 5.75 Å². The smallest absolute Gasteiger partial charge is 0.121 e. The van der Waals surface area contributed by atoms with E-state index in [1.807, 2.05) is 13.0 Å². The van der Waals surface area contributed by atoms with Gasteiger partial charge >= 0.3 is 0 Å². The lowest BCUT2D eigenvalue weighted by atomic mass is 9.93. The average molecular weight is 346 g/mol. The normalized spacial score (nSPS) is 13.2. The maximum atomic E-state index is 10.4. The Hall–Kier alpha value is -2.55. The van der Waals surface area contributed by atoms with E-state index in [0.29, 0.717) is 5.75 Å².